The first kappa shape index (κ1) is 116. The Balaban J connectivity index is -0.00000123. The van der Waals surface area contributed by atoms with Crippen LogP contribution in [0.15, 0.2) is 0 Å². The van der Waals surface area contributed by atoms with Crippen molar-refractivity contribution < 1.29 is 28.4 Å². The van der Waals surface area contributed by atoms with Gasteiger partial charge in [-0.15, -0.1) is 0 Å². The Morgan fingerprint density at radius 2 is 0.459 bits per heavy atom. The second-order valence-electron chi connectivity index (χ2n) is 42.8. The van der Waals surface area contributed by atoms with Crippen LogP contribution in [0.3, 0.4) is 0 Å². The lowest BCUT2D eigenvalue weighted by Gasteiger charge is -2.70. The molecular weight excluding hydrogens is 1450 g/mol. The molecule has 0 radical (unpaired) electrons. The zero-order valence-electron chi connectivity index (χ0n) is 85.9. The van der Waals surface area contributed by atoms with Gasteiger partial charge in [-0.25, -0.2) is 0 Å². The molecule has 10 nitrogen and oxygen atoms in total. The molecule has 14 heteroatoms. The van der Waals surface area contributed by atoms with Gasteiger partial charge in [-0.1, -0.05) is 193 Å². The van der Waals surface area contributed by atoms with Crippen LogP contribution in [0.2, 0.25) is 0 Å². The molecule has 2 N–H and O–H groups in total. The fourth-order valence-electron chi connectivity index (χ4n) is 24.8. The fraction of sp³-hybridized carbons (Fsp3) is 1.00. The number of thioether (sulfide) groups is 4. The first-order chi connectivity index (χ1) is 49.7. The molecule has 0 aromatic carbocycles. The van der Waals surface area contributed by atoms with Gasteiger partial charge in [-0.3, -0.25) is 9.80 Å². The van der Waals surface area contributed by atoms with Crippen molar-refractivity contribution in [3.05, 3.63) is 0 Å². The maximum Gasteiger partial charge on any atom is 0.0840 e. The minimum atomic E-state index is -0.604. The number of nitrogens with zero attached hydrogens (tertiary/aromatic N) is 2. The van der Waals surface area contributed by atoms with Gasteiger partial charge in [0.15, 0.2) is 0 Å². The number of hydrogen-bond donors (Lipinski definition) is 2. The lowest BCUT2D eigenvalue weighted by molar-refractivity contribution is -0.331. The summed E-state index contributed by atoms with van der Waals surface area (Å²) in [7, 11) is 15.6. The van der Waals surface area contributed by atoms with Crippen LogP contribution in [0.25, 0.3) is 0 Å². The number of methoxy groups -OCH3 is 4. The highest BCUT2D eigenvalue weighted by molar-refractivity contribution is 8.03. The van der Waals surface area contributed by atoms with Crippen LogP contribution in [-0.4, -0.2) is 193 Å². The zero-order valence-corrected chi connectivity index (χ0v) is 89.1. The molecule has 0 spiro atoms. The van der Waals surface area contributed by atoms with Crippen molar-refractivity contribution in [3.63, 3.8) is 0 Å². The summed E-state index contributed by atoms with van der Waals surface area (Å²) in [5.74, 6) is 11.7. The average Bonchev–Trinajstić information content (AvgIpc) is 0.701. The number of ether oxygens (including phenoxy) is 6. The van der Waals surface area contributed by atoms with Crippen LogP contribution < -0.4 is 10.6 Å². The first-order valence-electron chi connectivity index (χ1n) is 44.2. The third-order valence-corrected chi connectivity index (χ3v) is 39.7. The zero-order chi connectivity index (χ0) is 89.5. The molecule has 2 aliphatic heterocycles. The molecule has 0 unspecified atom stereocenters. The SMILES string of the molecule is CC1C(C)C(C)C1C.CC1C(C)C(C)C1C.CCC(C)(C)C(C(C)(C)CC)(C(C)(C)NC)C(C)(C)NC.COC(C)(C)C(C(C)(C)OC)(C(C)(C)OC)C(C)(C)OC.CSC(C)(C)C(C(C)(C)SC)(C(C)(C)SC)C(C)(C)SC.C[C@@H]1C[C@H](C)[C@@H](C)C[C@H]1C.C[C@@H]1O[C@H](C)[C@@H](C)O[C@H]1C.C[C@@H]1[C@@H](C)N(C)[C@@H](C)[C@H](C)N1C. The van der Waals surface area contributed by atoms with E-state index < -0.39 is 27.8 Å². The Morgan fingerprint density at radius 1 is 0.297 bits per heavy atom. The summed E-state index contributed by atoms with van der Waals surface area (Å²) >= 11 is 8.08. The minimum absolute atomic E-state index is 0.00146. The van der Waals surface area contributed by atoms with Gasteiger partial charge in [0.05, 0.1) is 52.2 Å². The van der Waals surface area contributed by atoms with Gasteiger partial charge in [0.1, 0.15) is 0 Å². The molecule has 5 fully saturated rings. The number of rotatable bonds is 24. The van der Waals surface area contributed by atoms with Crippen LogP contribution in [0.5, 0.6) is 0 Å². The third-order valence-electron chi connectivity index (χ3n) is 34.4. The molecule has 0 amide bonds. The van der Waals surface area contributed by atoms with E-state index in [1.54, 1.807) is 28.4 Å². The summed E-state index contributed by atoms with van der Waals surface area (Å²) in [5.41, 5.74) is -2.29. The molecule has 0 bridgehead atoms. The van der Waals surface area contributed by atoms with Crippen LogP contribution in [-0.2, 0) is 28.4 Å². The molecule has 0 aromatic rings. The molecule has 3 saturated carbocycles. The monoisotopic (exact) mass is 1650 g/mol. The van der Waals surface area contributed by atoms with Crippen LogP contribution in [0, 0.1) is 98.1 Å². The summed E-state index contributed by atoms with van der Waals surface area (Å²) in [6.07, 6.45) is 15.3. The van der Waals surface area contributed by atoms with E-state index in [1.807, 2.05) is 74.7 Å². The molecule has 0 aromatic heterocycles. The highest BCUT2D eigenvalue weighted by Gasteiger charge is 2.73. The minimum Gasteiger partial charge on any atom is -0.378 e. The normalized spacial score (nSPS) is 30.6. The lowest BCUT2D eigenvalue weighted by atomic mass is 9.38. The molecule has 12 atom stereocenters. The third kappa shape index (κ3) is 24.3. The van der Waals surface area contributed by atoms with E-state index in [4.69, 9.17) is 28.4 Å². The van der Waals surface area contributed by atoms with Crippen molar-refractivity contribution in [1.82, 2.24) is 20.4 Å². The van der Waals surface area contributed by atoms with Gasteiger partial charge >= 0.3 is 0 Å². The fourth-order valence-corrected chi connectivity index (χ4v) is 29.4. The van der Waals surface area contributed by atoms with Crippen LogP contribution in [0.1, 0.15) is 344 Å². The molecule has 672 valence electrons. The average molecular weight is 1650 g/mol. The molecule has 111 heavy (non-hydrogen) atoms. The summed E-state index contributed by atoms with van der Waals surface area (Å²) in [4.78, 5) is 4.96. The molecular formula is C97H204N4O6S4. The molecule has 2 saturated heterocycles. The predicted molar refractivity (Wildman–Crippen MR) is 509 cm³/mol. The number of nitrogens with one attached hydrogen (secondary N) is 2. The molecule has 2 heterocycles. The van der Waals surface area contributed by atoms with Gasteiger partial charge in [-0.05, 0) is 286 Å². The molecule has 5 aliphatic rings. The van der Waals surface area contributed by atoms with Crippen molar-refractivity contribution in [3.8, 4) is 0 Å². The summed E-state index contributed by atoms with van der Waals surface area (Å²) in [6, 6.07) is 2.67. The predicted octanol–water partition coefficient (Wildman–Crippen LogP) is 26.5. The van der Waals surface area contributed by atoms with Crippen LogP contribution in [0.4, 0.5) is 0 Å². The van der Waals surface area contributed by atoms with E-state index in [-0.39, 0.29) is 76.1 Å². The van der Waals surface area contributed by atoms with Crippen molar-refractivity contribution in [2.45, 2.75) is 445 Å². The van der Waals surface area contributed by atoms with E-state index in [1.165, 1.54) is 12.8 Å². The number of likely N-dealkylation sites (N-methyl/N-ethyl adjacent to an activating group) is 2. The smallest absolute Gasteiger partial charge is 0.0840 e. The maximum atomic E-state index is 5.93. The second kappa shape index (κ2) is 44.9. The van der Waals surface area contributed by atoms with E-state index >= 15 is 0 Å². The quantitative estimate of drug-likeness (QED) is 0.0962. The summed E-state index contributed by atoms with van der Waals surface area (Å²) in [5, 5.41) is 7.33. The molecule has 5 rings (SSSR count). The standard InChI is InChI=1S/C19H42N2.C17H36O4.C17H36S4.C10H22N2.C10H20.C8H16O2.2C8H16/c1-13-15(3,4)19(16(5,6)14-2,17(7,8)20-11)18(9,10)21-12;2*1-13(2,18-9)17(14(3,4)19-10,15(5,6)20-11)16(7,8)21-12;1-7-8(2)12(6)10(4)9(3)11(7)5;1-7-5-9(3)10(4)6-8(7)2;1-5-6(2)10-8(4)7(3)9-5;2*1-5-6(2)8(4)7(5)3/h20-21H,13-14H2,1-12H3;2*1-12H3;7-10H,1-6H3;7-10H,5-6H2,1-4H3;5-8H,1-4H3;2*5-8H,1-4H3/t;;;2*7-,8-,9+,10+;5-,6-,7+,8+;;. The van der Waals surface area contributed by atoms with Gasteiger partial charge in [0.25, 0.3) is 0 Å². The molecule has 3 aliphatic carbocycles. The lowest BCUT2D eigenvalue weighted by Crippen LogP contribution is -2.77. The van der Waals surface area contributed by atoms with E-state index in [0.717, 1.165) is 83.9 Å². The van der Waals surface area contributed by atoms with Crippen molar-refractivity contribution in [2.24, 2.45) is 98.1 Å². The highest BCUT2D eigenvalue weighted by atomic mass is 32.2. The van der Waals surface area contributed by atoms with Gasteiger partial charge in [-0.2, -0.15) is 47.0 Å². The summed E-state index contributed by atoms with van der Waals surface area (Å²) in [6.45, 7) is 106. The van der Waals surface area contributed by atoms with Gasteiger partial charge in [0, 0.05) is 93.5 Å². The Bertz CT molecular complexity index is 1990. The van der Waals surface area contributed by atoms with Crippen molar-refractivity contribution in [1.29, 1.82) is 0 Å². The van der Waals surface area contributed by atoms with E-state index in [0.29, 0.717) is 24.2 Å². The van der Waals surface area contributed by atoms with E-state index in [9.17, 15) is 0 Å². The second-order valence-corrected chi connectivity index (χ2v) is 48.5. The Labute approximate surface area is 716 Å². The van der Waals surface area contributed by atoms with Gasteiger partial charge < -0.3 is 39.1 Å². The van der Waals surface area contributed by atoms with Crippen LogP contribution >= 0.6 is 47.0 Å². The largest absolute Gasteiger partial charge is 0.378 e. The van der Waals surface area contributed by atoms with Crippen molar-refractivity contribution in [2.75, 3.05) is 81.7 Å². The first-order valence-corrected chi connectivity index (χ1v) is 49.1. The van der Waals surface area contributed by atoms with Gasteiger partial charge in [0.2, 0.25) is 0 Å². The topological polar surface area (TPSA) is 85.9 Å². The number of piperazine rings is 1. The Morgan fingerprint density at radius 3 is 0.586 bits per heavy atom. The maximum absolute atomic E-state index is 5.93. The number of hydrogen-bond acceptors (Lipinski definition) is 14. The van der Waals surface area contributed by atoms with Crippen molar-refractivity contribution >= 4 is 47.0 Å². The van der Waals surface area contributed by atoms with E-state index in [2.05, 4.69) is 364 Å². The Hall–Kier alpha value is 1.000. The Kier molecular flexibility index (Phi) is 47.0. The summed E-state index contributed by atoms with van der Waals surface area (Å²) < 4.78 is 35.5. The highest BCUT2D eigenvalue weighted by Crippen LogP contribution is 2.70.